The average molecular weight is 707 g/mol. The van der Waals surface area contributed by atoms with Gasteiger partial charge in [0.2, 0.25) is 0 Å². The van der Waals surface area contributed by atoms with Crippen LogP contribution in [0.3, 0.4) is 0 Å². The standard InChI is InChI=1S/C50H46N2O2/c1-3-5-7-13-31-51(32-14-8-6-4-2)43-25-19-37(20-26-43)23-29-45-47-33-39-15-9-11-17-41(39)35-49(47)46(30-24-38-21-27-44(28-22-38)52(53)54)50-36-42-18-12-10-16-40(42)34-48(45)50/h9-12,15-22,25-28,33-36H,3-8,13-14,31-32H2,1-2H3. The van der Waals surface area contributed by atoms with Crippen LogP contribution >= 0.6 is 0 Å². The largest absolute Gasteiger partial charge is 0.372 e. The quantitative estimate of drug-likeness (QED) is 0.0418. The van der Waals surface area contributed by atoms with Crippen LogP contribution in [0.1, 0.15) is 87.5 Å². The molecule has 0 unspecified atom stereocenters. The molecule has 0 radical (unpaired) electrons. The fraction of sp³-hybridized carbons (Fsp3) is 0.240. The van der Waals surface area contributed by atoms with Gasteiger partial charge in [0.1, 0.15) is 0 Å². The molecule has 7 aromatic rings. The van der Waals surface area contributed by atoms with Crippen LogP contribution in [0.4, 0.5) is 11.4 Å². The molecule has 0 heterocycles. The zero-order chi connectivity index (χ0) is 37.3. The molecule has 0 atom stereocenters. The monoisotopic (exact) mass is 706 g/mol. The second kappa shape index (κ2) is 17.2. The second-order valence-corrected chi connectivity index (χ2v) is 14.2. The van der Waals surface area contributed by atoms with Crippen molar-refractivity contribution in [1.29, 1.82) is 0 Å². The molecule has 4 heteroatoms. The van der Waals surface area contributed by atoms with Crippen molar-refractivity contribution in [2.24, 2.45) is 0 Å². The van der Waals surface area contributed by atoms with Gasteiger partial charge in [-0.1, -0.05) is 125 Å². The summed E-state index contributed by atoms with van der Waals surface area (Å²) < 4.78 is 0. The van der Waals surface area contributed by atoms with E-state index in [1.54, 1.807) is 12.1 Å². The number of hydrogen-bond donors (Lipinski definition) is 0. The summed E-state index contributed by atoms with van der Waals surface area (Å²) in [6.45, 7) is 6.73. The fourth-order valence-electron chi connectivity index (χ4n) is 7.39. The topological polar surface area (TPSA) is 46.4 Å². The normalized spacial score (nSPS) is 11.0. The van der Waals surface area contributed by atoms with E-state index in [9.17, 15) is 10.1 Å². The van der Waals surface area contributed by atoms with Crippen molar-refractivity contribution >= 4 is 54.5 Å². The van der Waals surface area contributed by atoms with Crippen molar-refractivity contribution in [2.45, 2.75) is 65.2 Å². The number of non-ortho nitro benzene ring substituents is 1. The van der Waals surface area contributed by atoms with E-state index in [0.717, 1.165) is 78.4 Å². The minimum Gasteiger partial charge on any atom is -0.372 e. The van der Waals surface area contributed by atoms with Gasteiger partial charge in [0.15, 0.2) is 0 Å². The molecule has 0 amide bonds. The van der Waals surface area contributed by atoms with E-state index in [1.807, 2.05) is 0 Å². The Labute approximate surface area is 319 Å². The number of nitro groups is 1. The molecule has 0 bridgehead atoms. The summed E-state index contributed by atoms with van der Waals surface area (Å²) in [5.41, 5.74) is 4.93. The molecule has 0 aliphatic carbocycles. The first-order chi connectivity index (χ1) is 26.5. The van der Waals surface area contributed by atoms with Crippen LogP contribution in [0.25, 0.3) is 43.1 Å². The number of nitro benzene ring substituents is 1. The summed E-state index contributed by atoms with van der Waals surface area (Å²) in [6.07, 6.45) is 10.1. The lowest BCUT2D eigenvalue weighted by molar-refractivity contribution is -0.384. The summed E-state index contributed by atoms with van der Waals surface area (Å²) in [4.78, 5) is 13.5. The number of hydrogen-bond acceptors (Lipinski definition) is 3. The third kappa shape index (κ3) is 8.25. The Balaban J connectivity index is 1.35. The van der Waals surface area contributed by atoms with Crippen LogP contribution in [0.15, 0.2) is 121 Å². The SMILES string of the molecule is CCCCCCN(CCCCCC)c1ccc(C#Cc2c3cc4ccccc4cc3c(C#Cc3ccc([N+](=O)[O-])cc3)c3cc4ccccc4cc23)cc1. The molecule has 0 aliphatic rings. The number of unbranched alkanes of at least 4 members (excludes halogenated alkanes) is 6. The Hall–Kier alpha value is -6.10. The maximum atomic E-state index is 11.3. The van der Waals surface area contributed by atoms with E-state index in [2.05, 4.69) is 139 Å². The Morgan fingerprint density at radius 2 is 0.889 bits per heavy atom. The highest BCUT2D eigenvalue weighted by molar-refractivity contribution is 6.16. The van der Waals surface area contributed by atoms with E-state index in [-0.39, 0.29) is 10.6 Å². The first-order valence-electron chi connectivity index (χ1n) is 19.5. The van der Waals surface area contributed by atoms with Gasteiger partial charge in [-0.05, 0) is 117 Å². The predicted octanol–water partition coefficient (Wildman–Crippen LogP) is 13.0. The zero-order valence-electron chi connectivity index (χ0n) is 31.3. The molecule has 0 N–H and O–H groups in total. The minimum atomic E-state index is -0.387. The van der Waals surface area contributed by atoms with Crippen molar-refractivity contribution < 1.29 is 4.92 Å². The van der Waals surface area contributed by atoms with E-state index in [4.69, 9.17) is 0 Å². The lowest BCUT2D eigenvalue weighted by Crippen LogP contribution is -2.25. The molecule has 0 fully saturated rings. The van der Waals surface area contributed by atoms with Crippen molar-refractivity contribution in [1.82, 2.24) is 0 Å². The third-order valence-electron chi connectivity index (χ3n) is 10.4. The van der Waals surface area contributed by atoms with E-state index < -0.39 is 0 Å². The van der Waals surface area contributed by atoms with E-state index >= 15 is 0 Å². The zero-order valence-corrected chi connectivity index (χ0v) is 31.3. The van der Waals surface area contributed by atoms with Gasteiger partial charge in [-0.2, -0.15) is 0 Å². The van der Waals surface area contributed by atoms with Crippen molar-refractivity contribution in [3.63, 3.8) is 0 Å². The highest BCUT2D eigenvalue weighted by atomic mass is 16.6. The molecule has 0 saturated heterocycles. The number of fused-ring (bicyclic) bond motifs is 4. The number of anilines is 1. The van der Waals surface area contributed by atoms with Crippen molar-refractivity contribution in [3.05, 3.63) is 154 Å². The Morgan fingerprint density at radius 1 is 0.500 bits per heavy atom. The van der Waals surface area contributed by atoms with Gasteiger partial charge in [0.05, 0.1) is 4.92 Å². The van der Waals surface area contributed by atoms with Crippen molar-refractivity contribution in [3.8, 4) is 23.7 Å². The molecule has 0 aliphatic heterocycles. The van der Waals surface area contributed by atoms with Crippen LogP contribution < -0.4 is 4.90 Å². The van der Waals surface area contributed by atoms with Gasteiger partial charge in [-0.3, -0.25) is 10.1 Å². The smallest absolute Gasteiger partial charge is 0.269 e. The van der Waals surface area contributed by atoms with Gasteiger partial charge in [0.25, 0.3) is 5.69 Å². The van der Waals surface area contributed by atoms with E-state index in [1.165, 1.54) is 69.2 Å². The number of rotatable bonds is 12. The van der Waals surface area contributed by atoms with Gasteiger partial charge >= 0.3 is 0 Å². The molecular formula is C50H46N2O2. The third-order valence-corrected chi connectivity index (χ3v) is 10.4. The molecule has 4 nitrogen and oxygen atoms in total. The fourth-order valence-corrected chi connectivity index (χ4v) is 7.39. The Morgan fingerprint density at radius 3 is 1.26 bits per heavy atom. The lowest BCUT2D eigenvalue weighted by atomic mass is 9.88. The van der Waals surface area contributed by atoms with E-state index in [0.29, 0.717) is 0 Å². The summed E-state index contributed by atoms with van der Waals surface area (Å²) in [7, 11) is 0. The van der Waals surface area contributed by atoms with Crippen LogP contribution in [-0.4, -0.2) is 18.0 Å². The first-order valence-corrected chi connectivity index (χ1v) is 19.5. The molecule has 0 aromatic heterocycles. The van der Waals surface area contributed by atoms with Gasteiger partial charge < -0.3 is 4.90 Å². The molecule has 0 spiro atoms. The summed E-state index contributed by atoms with van der Waals surface area (Å²) in [5, 5.41) is 20.0. The highest BCUT2D eigenvalue weighted by Crippen LogP contribution is 2.37. The van der Waals surface area contributed by atoms with Crippen molar-refractivity contribution in [2.75, 3.05) is 18.0 Å². The highest BCUT2D eigenvalue weighted by Gasteiger charge is 2.15. The molecule has 7 rings (SSSR count). The lowest BCUT2D eigenvalue weighted by Gasteiger charge is -2.25. The molecular weight excluding hydrogens is 661 g/mol. The summed E-state index contributed by atoms with van der Waals surface area (Å²) in [6, 6.07) is 41.1. The summed E-state index contributed by atoms with van der Waals surface area (Å²) in [5.74, 6) is 14.1. The predicted molar refractivity (Wildman–Crippen MR) is 228 cm³/mol. The van der Waals surface area contributed by atoms with Crippen LogP contribution in [0.5, 0.6) is 0 Å². The minimum absolute atomic E-state index is 0.0501. The molecule has 0 saturated carbocycles. The average Bonchev–Trinajstić information content (AvgIpc) is 3.20. The number of benzene rings is 7. The first kappa shape index (κ1) is 36.3. The molecule has 7 aromatic carbocycles. The Bertz CT molecular complexity index is 2460. The van der Waals surface area contributed by atoms with Crippen LogP contribution in [0.2, 0.25) is 0 Å². The molecule has 54 heavy (non-hydrogen) atoms. The van der Waals surface area contributed by atoms with Gasteiger partial charge in [-0.15, -0.1) is 0 Å². The van der Waals surface area contributed by atoms with Crippen LogP contribution in [-0.2, 0) is 0 Å². The molecule has 268 valence electrons. The summed E-state index contributed by atoms with van der Waals surface area (Å²) >= 11 is 0. The maximum absolute atomic E-state index is 11.3. The van der Waals surface area contributed by atoms with Crippen LogP contribution in [0, 0.1) is 33.8 Å². The maximum Gasteiger partial charge on any atom is 0.269 e. The van der Waals surface area contributed by atoms with Gasteiger partial charge in [-0.25, -0.2) is 0 Å². The second-order valence-electron chi connectivity index (χ2n) is 14.2. The van der Waals surface area contributed by atoms with Gasteiger partial charge in [0, 0.05) is 53.2 Å². The Kier molecular flexibility index (Phi) is 11.5. The number of nitrogens with zero attached hydrogens (tertiary/aromatic N) is 2.